The van der Waals surface area contributed by atoms with E-state index >= 15 is 0 Å². The molecule has 2 nitrogen and oxygen atoms in total. The van der Waals surface area contributed by atoms with Gasteiger partial charge in [0, 0.05) is 11.6 Å². The second-order valence-electron chi connectivity index (χ2n) is 2.12. The molecular weight excluding hydrogens is 150 g/mol. The molecule has 0 fully saturated rings. The summed E-state index contributed by atoms with van der Waals surface area (Å²) in [5.41, 5.74) is 0.887. The summed E-state index contributed by atoms with van der Waals surface area (Å²) in [4.78, 5) is 3.74. The molecule has 0 aromatic heterocycles. The van der Waals surface area contributed by atoms with E-state index in [0.29, 0.717) is 5.90 Å². The van der Waals surface area contributed by atoms with E-state index in [9.17, 15) is 0 Å². The lowest BCUT2D eigenvalue weighted by molar-refractivity contribution is 0.405. The Labute approximate surface area is 71.9 Å². The Morgan fingerprint density at radius 3 is 2.58 bits per heavy atom. The van der Waals surface area contributed by atoms with E-state index in [4.69, 9.17) is 11.2 Å². The predicted octanol–water partition coefficient (Wildman–Crippen LogP) is 1.67. The smallest absolute Gasteiger partial charge is 0.229 e. The van der Waals surface area contributed by atoms with Gasteiger partial charge in [-0.2, -0.15) is 4.99 Å². The van der Waals surface area contributed by atoms with Gasteiger partial charge in [0.1, 0.15) is 0 Å². The molecule has 1 aromatic carbocycles. The van der Waals surface area contributed by atoms with Crippen LogP contribution < -0.4 is 0 Å². The Morgan fingerprint density at radius 1 is 1.42 bits per heavy atom. The van der Waals surface area contributed by atoms with Gasteiger partial charge < -0.3 is 4.74 Å². The Morgan fingerprint density at radius 2 is 2.08 bits per heavy atom. The molecule has 0 atom stereocenters. The van der Waals surface area contributed by atoms with E-state index < -0.39 is 0 Å². The van der Waals surface area contributed by atoms with Crippen molar-refractivity contribution in [3.63, 3.8) is 0 Å². The van der Waals surface area contributed by atoms with Crippen LogP contribution in [-0.2, 0) is 4.74 Å². The summed E-state index contributed by atoms with van der Waals surface area (Å²) < 4.78 is 4.98. The van der Waals surface area contributed by atoms with Gasteiger partial charge in [0.05, 0.1) is 7.11 Å². The number of aliphatic imine (C=N–C) groups is 1. The number of hydrogen-bond acceptors (Lipinski definition) is 2. The minimum Gasteiger partial charge on any atom is -0.480 e. The summed E-state index contributed by atoms with van der Waals surface area (Å²) in [6.07, 6.45) is 5.02. The Kier molecular flexibility index (Phi) is 2.92. The zero-order valence-corrected chi connectivity index (χ0v) is 6.82. The van der Waals surface area contributed by atoms with Crippen LogP contribution in [0, 0.1) is 12.5 Å². The molecule has 0 radical (unpaired) electrons. The van der Waals surface area contributed by atoms with E-state index in [-0.39, 0.29) is 0 Å². The summed E-state index contributed by atoms with van der Waals surface area (Å²) in [5, 5.41) is 0. The highest BCUT2D eigenvalue weighted by molar-refractivity contribution is 5.94. The summed E-state index contributed by atoms with van der Waals surface area (Å²) >= 11 is 0. The minimum absolute atomic E-state index is 0.470. The van der Waals surface area contributed by atoms with E-state index in [1.165, 1.54) is 0 Å². The fourth-order valence-corrected chi connectivity index (χ4v) is 0.867. The average molecular weight is 159 g/mol. The third-order valence-electron chi connectivity index (χ3n) is 1.38. The van der Waals surface area contributed by atoms with Crippen LogP contribution in [-0.4, -0.2) is 13.0 Å². The van der Waals surface area contributed by atoms with Gasteiger partial charge in [-0.25, -0.2) is 0 Å². The van der Waals surface area contributed by atoms with Crippen molar-refractivity contribution >= 4 is 5.90 Å². The van der Waals surface area contributed by atoms with Crippen molar-refractivity contribution in [1.29, 1.82) is 0 Å². The van der Waals surface area contributed by atoms with E-state index in [0.717, 1.165) is 5.56 Å². The molecule has 60 valence electrons. The van der Waals surface area contributed by atoms with Crippen molar-refractivity contribution in [2.75, 3.05) is 7.11 Å². The lowest BCUT2D eigenvalue weighted by Crippen LogP contribution is -2.01. The molecule has 0 aliphatic carbocycles. The van der Waals surface area contributed by atoms with Crippen LogP contribution in [0.25, 0.3) is 0 Å². The first kappa shape index (κ1) is 8.35. The second kappa shape index (κ2) is 4.20. The molecule has 0 unspecified atom stereocenters. The number of benzene rings is 1. The van der Waals surface area contributed by atoms with Crippen LogP contribution in [0.5, 0.6) is 0 Å². The average Bonchev–Trinajstić information content (AvgIpc) is 2.15. The topological polar surface area (TPSA) is 21.6 Å². The maximum atomic E-state index is 5.02. The lowest BCUT2D eigenvalue weighted by Gasteiger charge is -2.01. The molecule has 0 spiro atoms. The molecule has 0 aliphatic rings. The molecular formula is C10H9NO. The molecule has 0 saturated heterocycles. The van der Waals surface area contributed by atoms with Crippen LogP contribution in [0.15, 0.2) is 35.3 Å². The number of rotatable bonds is 1. The number of terminal acetylenes is 1. The molecule has 12 heavy (non-hydrogen) atoms. The summed E-state index contributed by atoms with van der Waals surface area (Å²) in [7, 11) is 1.54. The lowest BCUT2D eigenvalue weighted by atomic mass is 10.2. The third kappa shape index (κ3) is 1.86. The van der Waals surface area contributed by atoms with Gasteiger partial charge in [-0.1, -0.05) is 24.6 Å². The fourth-order valence-electron chi connectivity index (χ4n) is 0.867. The maximum Gasteiger partial charge on any atom is 0.229 e. The summed E-state index contributed by atoms with van der Waals surface area (Å²) in [6.45, 7) is 0. The Hall–Kier alpha value is -1.75. The van der Waals surface area contributed by atoms with E-state index in [1.807, 2.05) is 30.3 Å². The van der Waals surface area contributed by atoms with Gasteiger partial charge in [0.25, 0.3) is 0 Å². The van der Waals surface area contributed by atoms with E-state index in [2.05, 4.69) is 11.0 Å². The SMILES string of the molecule is C#CN=C(OC)c1ccccc1. The van der Waals surface area contributed by atoms with Crippen LogP contribution in [0.1, 0.15) is 5.56 Å². The number of ether oxygens (including phenoxy) is 1. The fraction of sp³-hybridized carbons (Fsp3) is 0.100. The van der Waals surface area contributed by atoms with Crippen molar-refractivity contribution in [3.05, 3.63) is 35.9 Å². The molecule has 0 bridgehead atoms. The van der Waals surface area contributed by atoms with Gasteiger partial charge in [0.2, 0.25) is 5.90 Å². The standard InChI is InChI=1S/C10H9NO/c1-3-11-10(12-2)9-7-5-4-6-8-9/h1,4-8H,2H3. The van der Waals surface area contributed by atoms with Gasteiger partial charge in [0.15, 0.2) is 0 Å². The molecule has 0 saturated carbocycles. The van der Waals surface area contributed by atoms with Crippen molar-refractivity contribution < 1.29 is 4.74 Å². The molecule has 1 rings (SSSR count). The van der Waals surface area contributed by atoms with Gasteiger partial charge in [-0.05, 0) is 12.1 Å². The first-order valence-electron chi connectivity index (χ1n) is 3.51. The summed E-state index contributed by atoms with van der Waals surface area (Å²) in [5.74, 6) is 0.470. The zero-order chi connectivity index (χ0) is 8.81. The molecule has 2 heteroatoms. The molecule has 0 heterocycles. The largest absolute Gasteiger partial charge is 0.480 e. The van der Waals surface area contributed by atoms with Crippen molar-refractivity contribution in [2.45, 2.75) is 0 Å². The number of hydrogen-bond donors (Lipinski definition) is 0. The first-order chi connectivity index (χ1) is 5.88. The molecule has 0 N–H and O–H groups in total. The predicted molar refractivity (Wildman–Crippen MR) is 48.8 cm³/mol. The second-order valence-corrected chi connectivity index (χ2v) is 2.12. The summed E-state index contributed by atoms with van der Waals surface area (Å²) in [6, 6.07) is 11.7. The van der Waals surface area contributed by atoms with Crippen LogP contribution in [0.4, 0.5) is 0 Å². The molecule has 0 aliphatic heterocycles. The van der Waals surface area contributed by atoms with Crippen molar-refractivity contribution in [2.24, 2.45) is 4.99 Å². The van der Waals surface area contributed by atoms with Gasteiger partial charge >= 0.3 is 0 Å². The molecule has 1 aromatic rings. The van der Waals surface area contributed by atoms with Crippen molar-refractivity contribution in [1.82, 2.24) is 0 Å². The monoisotopic (exact) mass is 159 g/mol. The maximum absolute atomic E-state index is 5.02. The molecule has 0 amide bonds. The van der Waals surface area contributed by atoms with E-state index in [1.54, 1.807) is 7.11 Å². The minimum atomic E-state index is 0.470. The highest BCUT2D eigenvalue weighted by atomic mass is 16.5. The number of methoxy groups -OCH3 is 1. The van der Waals surface area contributed by atoms with Gasteiger partial charge in [-0.3, -0.25) is 0 Å². The van der Waals surface area contributed by atoms with Crippen LogP contribution in [0.2, 0.25) is 0 Å². The zero-order valence-electron chi connectivity index (χ0n) is 6.82. The quantitative estimate of drug-likeness (QED) is 0.347. The van der Waals surface area contributed by atoms with Gasteiger partial charge in [-0.15, -0.1) is 0 Å². The van der Waals surface area contributed by atoms with Crippen molar-refractivity contribution in [3.8, 4) is 12.5 Å². The number of nitrogens with zero attached hydrogens (tertiary/aromatic N) is 1. The Balaban J connectivity index is 2.98. The first-order valence-corrected chi connectivity index (χ1v) is 3.51. The van der Waals surface area contributed by atoms with Crippen LogP contribution in [0.3, 0.4) is 0 Å². The Bertz CT molecular complexity index is 308. The third-order valence-corrected chi connectivity index (χ3v) is 1.38. The van der Waals surface area contributed by atoms with Crippen LogP contribution >= 0.6 is 0 Å². The highest BCUT2D eigenvalue weighted by Crippen LogP contribution is 2.01. The highest BCUT2D eigenvalue weighted by Gasteiger charge is 1.99. The normalized spacial score (nSPS) is 10.5.